The van der Waals surface area contributed by atoms with Crippen molar-refractivity contribution in [3.8, 4) is 0 Å². The number of anilines is 1. The van der Waals surface area contributed by atoms with Crippen LogP contribution in [-0.2, 0) is 16.0 Å². The lowest BCUT2D eigenvalue weighted by Crippen LogP contribution is -3.06. The van der Waals surface area contributed by atoms with Gasteiger partial charge in [-0.15, -0.1) is 0 Å². The Kier molecular flexibility index (Phi) is 8.29. The highest BCUT2D eigenvalue weighted by molar-refractivity contribution is 5.93. The number of carboxylic acids is 1. The van der Waals surface area contributed by atoms with Gasteiger partial charge in [-0.1, -0.05) is 19.1 Å². The van der Waals surface area contributed by atoms with Crippen molar-refractivity contribution in [3.05, 3.63) is 29.8 Å². The molecule has 6 heteroatoms. The minimum absolute atomic E-state index is 0.0906. The van der Waals surface area contributed by atoms with Crippen LogP contribution >= 0.6 is 0 Å². The lowest BCUT2D eigenvalue weighted by atomic mass is 10.1. The van der Waals surface area contributed by atoms with E-state index in [0.29, 0.717) is 12.2 Å². The Morgan fingerprint density at radius 1 is 1.26 bits per heavy atom. The zero-order valence-electron chi connectivity index (χ0n) is 14.2. The number of aryl methyl sites for hydroxylation is 1. The van der Waals surface area contributed by atoms with E-state index < -0.39 is 12.0 Å². The molecule has 0 aliphatic rings. The zero-order valence-corrected chi connectivity index (χ0v) is 14.2. The number of hydrogen-bond acceptors (Lipinski definition) is 3. The second kappa shape index (κ2) is 9.97. The zero-order chi connectivity index (χ0) is 17.2. The molecule has 0 bridgehead atoms. The van der Waals surface area contributed by atoms with E-state index in [1.807, 2.05) is 38.4 Å². The number of benzene rings is 1. The van der Waals surface area contributed by atoms with Crippen LogP contribution in [0.4, 0.5) is 5.69 Å². The lowest BCUT2D eigenvalue weighted by molar-refractivity contribution is -0.860. The van der Waals surface area contributed by atoms with Crippen LogP contribution in [0.25, 0.3) is 0 Å². The molecule has 0 fully saturated rings. The van der Waals surface area contributed by atoms with Crippen molar-refractivity contribution in [1.82, 2.24) is 0 Å². The molecule has 0 heterocycles. The molecule has 0 aliphatic heterocycles. The average Bonchev–Trinajstić information content (AvgIpc) is 2.50. The number of aliphatic carboxylic acids is 1. The van der Waals surface area contributed by atoms with Crippen molar-refractivity contribution in [1.29, 1.82) is 0 Å². The first-order chi connectivity index (χ1) is 10.9. The fourth-order valence-electron chi connectivity index (χ4n) is 2.27. The van der Waals surface area contributed by atoms with Crippen LogP contribution in [0.3, 0.4) is 0 Å². The Labute approximate surface area is 137 Å². The minimum atomic E-state index is -1.20. The Bertz CT molecular complexity index is 500. The molecule has 1 amide bonds. The molecule has 1 rings (SSSR count). The number of carboxylic acid groups (broad SMARTS) is 1. The van der Waals surface area contributed by atoms with Gasteiger partial charge in [0.25, 0.3) is 0 Å². The maximum atomic E-state index is 12.0. The summed E-state index contributed by atoms with van der Waals surface area (Å²) >= 11 is 0. The molecule has 0 aromatic heterocycles. The van der Waals surface area contributed by atoms with Crippen LogP contribution in [0.2, 0.25) is 0 Å². The normalized spacial score (nSPS) is 12.2. The van der Waals surface area contributed by atoms with Gasteiger partial charge in [0.2, 0.25) is 5.91 Å². The van der Waals surface area contributed by atoms with Crippen molar-refractivity contribution >= 4 is 17.6 Å². The van der Waals surface area contributed by atoms with Crippen molar-refractivity contribution in [2.24, 2.45) is 0 Å². The number of amides is 1. The van der Waals surface area contributed by atoms with E-state index in [1.165, 1.54) is 10.5 Å². The number of nitrogens with two attached hydrogens (primary N) is 1. The maximum Gasteiger partial charge on any atom is 0.230 e. The first kappa shape index (κ1) is 19.1. The van der Waals surface area contributed by atoms with E-state index in [0.717, 1.165) is 19.4 Å². The second-order valence-electron chi connectivity index (χ2n) is 6.06. The molecule has 0 aliphatic carbocycles. The fourth-order valence-corrected chi connectivity index (χ4v) is 2.27. The first-order valence-electron chi connectivity index (χ1n) is 8.14. The number of carbonyl (C=O) groups is 2. The average molecular weight is 322 g/mol. The third-order valence-electron chi connectivity index (χ3n) is 3.69. The molecular formula is C17H28N3O3+. The van der Waals surface area contributed by atoms with Crippen molar-refractivity contribution < 1.29 is 24.9 Å². The summed E-state index contributed by atoms with van der Waals surface area (Å²) < 4.78 is 0. The molecule has 23 heavy (non-hydrogen) atoms. The maximum absolute atomic E-state index is 12.0. The summed E-state index contributed by atoms with van der Waals surface area (Å²) in [5, 5.41) is 15.6. The summed E-state index contributed by atoms with van der Waals surface area (Å²) in [6.07, 6.45) is 1.74. The van der Waals surface area contributed by atoms with E-state index in [4.69, 9.17) is 0 Å². The van der Waals surface area contributed by atoms with Crippen LogP contribution < -0.4 is 20.6 Å². The summed E-state index contributed by atoms with van der Waals surface area (Å²) in [6.45, 7) is 3.69. The molecule has 0 saturated carbocycles. The number of carbonyl (C=O) groups excluding carboxylic acids is 2. The van der Waals surface area contributed by atoms with Crippen LogP contribution in [0, 0.1) is 0 Å². The number of rotatable bonds is 10. The molecule has 1 aromatic rings. The Hall–Kier alpha value is -1.92. The van der Waals surface area contributed by atoms with Crippen LogP contribution in [-0.4, -0.2) is 45.1 Å². The standard InChI is InChI=1S/C17H27N3O3/c1-4-13-6-8-14(9-7-13)19-16(21)12-15(17(22)23)18-10-5-11-20(2)3/h6-9,15,18H,4-5,10-12H2,1-3H3,(H,19,21)(H,22,23)/p+1/t15-/m0/s1. The predicted octanol–water partition coefficient (Wildman–Crippen LogP) is -2.21. The summed E-state index contributed by atoms with van der Waals surface area (Å²) in [4.78, 5) is 24.5. The second-order valence-corrected chi connectivity index (χ2v) is 6.06. The predicted molar refractivity (Wildman–Crippen MR) is 86.9 cm³/mol. The van der Waals surface area contributed by atoms with E-state index in [9.17, 15) is 14.7 Å². The lowest BCUT2D eigenvalue weighted by Gasteiger charge is -2.16. The Balaban J connectivity index is 2.45. The van der Waals surface area contributed by atoms with Gasteiger partial charge < -0.3 is 25.4 Å². The number of quaternary nitrogens is 2. The summed E-state index contributed by atoms with van der Waals surface area (Å²) in [6, 6.07) is 6.70. The van der Waals surface area contributed by atoms with Gasteiger partial charge >= 0.3 is 0 Å². The Morgan fingerprint density at radius 3 is 2.43 bits per heavy atom. The van der Waals surface area contributed by atoms with Gasteiger partial charge in [0.05, 0.1) is 39.6 Å². The highest BCUT2D eigenvalue weighted by atomic mass is 16.4. The molecule has 1 aromatic carbocycles. The topological polar surface area (TPSA) is 90.3 Å². The van der Waals surface area contributed by atoms with Crippen LogP contribution in [0.15, 0.2) is 24.3 Å². The number of hydrogen-bond donors (Lipinski definition) is 3. The highest BCUT2D eigenvalue weighted by Crippen LogP contribution is 2.10. The highest BCUT2D eigenvalue weighted by Gasteiger charge is 2.18. The third kappa shape index (κ3) is 7.76. The smallest absolute Gasteiger partial charge is 0.230 e. The molecule has 128 valence electrons. The van der Waals surface area contributed by atoms with Gasteiger partial charge in [-0.05, 0) is 24.1 Å². The van der Waals surface area contributed by atoms with Crippen molar-refractivity contribution in [2.75, 3.05) is 32.5 Å². The van der Waals surface area contributed by atoms with Crippen molar-refractivity contribution in [3.63, 3.8) is 0 Å². The summed E-state index contributed by atoms with van der Waals surface area (Å²) in [5.74, 6) is -1.50. The number of nitrogens with one attached hydrogen (secondary N) is 2. The van der Waals surface area contributed by atoms with Gasteiger partial charge in [0.15, 0.2) is 0 Å². The molecule has 1 atom stereocenters. The fraction of sp³-hybridized carbons (Fsp3) is 0.529. The molecule has 0 radical (unpaired) electrons. The summed E-state index contributed by atoms with van der Waals surface area (Å²) in [7, 11) is 4.10. The van der Waals surface area contributed by atoms with E-state index in [2.05, 4.69) is 12.2 Å². The summed E-state index contributed by atoms with van der Waals surface area (Å²) in [5.41, 5.74) is 1.87. The molecular weight excluding hydrogens is 294 g/mol. The molecule has 0 spiro atoms. The van der Waals surface area contributed by atoms with E-state index >= 15 is 0 Å². The quantitative estimate of drug-likeness (QED) is 0.427. The monoisotopic (exact) mass is 322 g/mol. The SMILES string of the molecule is CCc1ccc(NC(=O)C[C@H]([NH2+]CCC[NH+](C)C)C(=O)[O-])cc1. The van der Waals surface area contributed by atoms with Gasteiger partial charge in [-0.25, -0.2) is 0 Å². The molecule has 6 nitrogen and oxygen atoms in total. The van der Waals surface area contributed by atoms with Gasteiger partial charge in [0, 0.05) is 12.1 Å². The largest absolute Gasteiger partial charge is 0.544 e. The van der Waals surface area contributed by atoms with Gasteiger partial charge in [-0.2, -0.15) is 0 Å². The van der Waals surface area contributed by atoms with Gasteiger partial charge in [0.1, 0.15) is 6.04 Å². The van der Waals surface area contributed by atoms with Crippen LogP contribution in [0.1, 0.15) is 25.3 Å². The van der Waals surface area contributed by atoms with Crippen LogP contribution in [0.5, 0.6) is 0 Å². The minimum Gasteiger partial charge on any atom is -0.544 e. The third-order valence-corrected chi connectivity index (χ3v) is 3.69. The Morgan fingerprint density at radius 2 is 1.91 bits per heavy atom. The molecule has 0 saturated heterocycles. The molecule has 0 unspecified atom stereocenters. The van der Waals surface area contributed by atoms with Crippen molar-refractivity contribution in [2.45, 2.75) is 32.2 Å². The van der Waals surface area contributed by atoms with E-state index in [1.54, 1.807) is 5.32 Å². The van der Waals surface area contributed by atoms with E-state index in [-0.39, 0.29) is 12.3 Å². The molecule has 4 N–H and O–H groups in total. The van der Waals surface area contributed by atoms with Gasteiger partial charge in [-0.3, -0.25) is 4.79 Å². The first-order valence-corrected chi connectivity index (χ1v) is 8.14.